The third-order valence-corrected chi connectivity index (χ3v) is 11.3. The van der Waals surface area contributed by atoms with E-state index in [0.717, 1.165) is 55.5 Å². The van der Waals surface area contributed by atoms with Crippen molar-refractivity contribution in [2.45, 2.75) is 0 Å². The van der Waals surface area contributed by atoms with Crippen molar-refractivity contribution in [1.29, 1.82) is 15.8 Å². The summed E-state index contributed by atoms with van der Waals surface area (Å²) in [5.41, 5.74) is 11.4. The number of rotatable bonds is 2. The first-order valence-corrected chi connectivity index (χ1v) is 18.0. The van der Waals surface area contributed by atoms with Gasteiger partial charge in [-0.25, -0.2) is 4.85 Å². The molecule has 4 aliphatic rings. The summed E-state index contributed by atoms with van der Waals surface area (Å²) < 4.78 is 13.6. The Morgan fingerprint density at radius 3 is 1.48 bits per heavy atom. The van der Waals surface area contributed by atoms with Crippen LogP contribution in [0.15, 0.2) is 133 Å². The lowest BCUT2D eigenvalue weighted by Gasteiger charge is -2.42. The van der Waals surface area contributed by atoms with Gasteiger partial charge in [-0.15, -0.1) is 0 Å². The molecule has 7 aromatic carbocycles. The van der Waals surface area contributed by atoms with E-state index >= 15 is 0 Å². The number of nitrogens with zero attached hydrogens (tertiary/aromatic N) is 6. The topological polar surface area (TPSA) is 101 Å². The Morgan fingerprint density at radius 1 is 0.500 bits per heavy atom. The Labute approximate surface area is 322 Å². The van der Waals surface area contributed by atoms with Crippen molar-refractivity contribution >= 4 is 86.0 Å². The Hall–Kier alpha value is -8.17. The minimum Gasteiger partial charge on any atom is -0.457 e. The Bertz CT molecular complexity index is 2870. The van der Waals surface area contributed by atoms with Crippen LogP contribution in [0.4, 0.5) is 39.8 Å². The van der Waals surface area contributed by atoms with Gasteiger partial charge in [0.15, 0.2) is 0 Å². The van der Waals surface area contributed by atoms with Gasteiger partial charge < -0.3 is 19.3 Å². The summed E-state index contributed by atoms with van der Waals surface area (Å²) in [6.45, 7) is 7.51. The van der Waals surface area contributed by atoms with Gasteiger partial charge in [0.25, 0.3) is 13.4 Å². The highest BCUT2D eigenvalue weighted by molar-refractivity contribution is 7.02. The molecule has 8 nitrogen and oxygen atoms in total. The third-order valence-electron chi connectivity index (χ3n) is 11.3. The zero-order valence-electron chi connectivity index (χ0n) is 29.4. The molecule has 0 saturated heterocycles. The van der Waals surface area contributed by atoms with Gasteiger partial charge in [-0.1, -0.05) is 78.9 Å². The molecule has 0 unspecified atom stereocenters. The molecule has 0 fully saturated rings. The predicted molar refractivity (Wildman–Crippen MR) is 219 cm³/mol. The van der Waals surface area contributed by atoms with Gasteiger partial charge in [0.05, 0.1) is 34.6 Å². The van der Waals surface area contributed by atoms with E-state index in [1.165, 1.54) is 0 Å². The van der Waals surface area contributed by atoms with Crippen LogP contribution < -0.4 is 52.1 Å². The lowest BCUT2D eigenvalue weighted by Crippen LogP contribution is -2.63. The average molecular weight is 712 g/mol. The molecule has 7 aromatic rings. The highest BCUT2D eigenvalue weighted by atomic mass is 16.5. The first kappa shape index (κ1) is 31.4. The van der Waals surface area contributed by atoms with Crippen LogP contribution in [0.5, 0.6) is 23.0 Å². The maximum Gasteiger partial charge on any atom is 0.256 e. The number of para-hydroxylation sites is 4. The van der Waals surface area contributed by atoms with Crippen LogP contribution in [0.2, 0.25) is 0 Å². The normalized spacial score (nSPS) is 13.1. The van der Waals surface area contributed by atoms with Crippen LogP contribution in [-0.4, -0.2) is 13.4 Å². The van der Waals surface area contributed by atoms with Crippen LogP contribution in [-0.2, 0) is 0 Å². The van der Waals surface area contributed by atoms with Crippen LogP contribution in [0.25, 0.3) is 4.85 Å². The molecule has 0 amide bonds. The summed E-state index contributed by atoms with van der Waals surface area (Å²) in [6, 6.07) is 50.4. The van der Waals surface area contributed by atoms with Crippen molar-refractivity contribution in [3.63, 3.8) is 0 Å². The summed E-state index contributed by atoms with van der Waals surface area (Å²) in [5, 5.41) is 31.6. The predicted octanol–water partition coefficient (Wildman–Crippen LogP) is 6.66. The number of ether oxygens (including phenoxy) is 2. The molecule has 4 aliphatic heterocycles. The minimum atomic E-state index is -0.407. The largest absolute Gasteiger partial charge is 0.457 e. The number of hydrogen-bond acceptors (Lipinski definition) is 7. The van der Waals surface area contributed by atoms with E-state index in [-0.39, 0.29) is 11.1 Å². The first-order valence-electron chi connectivity index (χ1n) is 18.0. The molecule has 0 saturated carbocycles. The molecule has 254 valence electrons. The fraction of sp³-hybridized carbons (Fsp3) is 0. The fourth-order valence-electron chi connectivity index (χ4n) is 9.11. The molecule has 4 heterocycles. The maximum atomic E-state index is 10.6. The van der Waals surface area contributed by atoms with Crippen LogP contribution >= 0.6 is 0 Å². The Morgan fingerprint density at radius 2 is 0.964 bits per heavy atom. The minimum absolute atomic E-state index is 0.262. The van der Waals surface area contributed by atoms with Gasteiger partial charge in [-0.3, -0.25) is 0 Å². The number of hydrogen-bond donors (Lipinski definition) is 0. The third kappa shape index (κ3) is 4.10. The molecule has 0 aromatic heterocycles. The van der Waals surface area contributed by atoms with Gasteiger partial charge >= 0.3 is 0 Å². The molecule has 0 aliphatic carbocycles. The number of benzene rings is 7. The zero-order chi connectivity index (χ0) is 37.7. The van der Waals surface area contributed by atoms with E-state index in [1.54, 1.807) is 12.1 Å². The molecule has 0 radical (unpaired) electrons. The van der Waals surface area contributed by atoms with E-state index in [9.17, 15) is 15.8 Å². The van der Waals surface area contributed by atoms with Crippen LogP contribution in [0.1, 0.15) is 16.7 Å². The summed E-state index contributed by atoms with van der Waals surface area (Å²) in [7, 11) is 0. The Kier molecular flexibility index (Phi) is 6.53. The second-order valence-electron chi connectivity index (χ2n) is 14.0. The van der Waals surface area contributed by atoms with Gasteiger partial charge in [-0.05, 0) is 81.3 Å². The second kappa shape index (κ2) is 11.7. The molecule has 0 N–H and O–H groups in total. The molecular formula is C46H22B2N6O2. The number of anilines is 6. The Balaban J connectivity index is 1.21. The molecule has 0 spiro atoms. The lowest BCUT2D eigenvalue weighted by atomic mass is 9.31. The summed E-state index contributed by atoms with van der Waals surface area (Å²) >= 11 is 0. The van der Waals surface area contributed by atoms with Gasteiger partial charge in [0, 0.05) is 28.8 Å². The quantitative estimate of drug-likeness (QED) is 0.146. The zero-order valence-corrected chi connectivity index (χ0v) is 29.4. The van der Waals surface area contributed by atoms with E-state index in [2.05, 4.69) is 63.2 Å². The van der Waals surface area contributed by atoms with Gasteiger partial charge in [0.2, 0.25) is 5.69 Å². The van der Waals surface area contributed by atoms with E-state index in [0.29, 0.717) is 45.6 Å². The molecule has 56 heavy (non-hydrogen) atoms. The summed E-state index contributed by atoms with van der Waals surface area (Å²) in [5.74, 6) is 1.84. The molecule has 11 rings (SSSR count). The van der Waals surface area contributed by atoms with Crippen molar-refractivity contribution in [3.05, 3.63) is 162 Å². The van der Waals surface area contributed by atoms with Crippen molar-refractivity contribution in [3.8, 4) is 41.2 Å². The van der Waals surface area contributed by atoms with Gasteiger partial charge in [-0.2, -0.15) is 15.8 Å². The molecule has 10 heteroatoms. The lowest BCUT2D eigenvalue weighted by molar-refractivity contribution is 0.464. The number of nitriles is 3. The maximum absolute atomic E-state index is 10.6. The average Bonchev–Trinajstić information content (AvgIpc) is 3.26. The summed E-state index contributed by atoms with van der Waals surface area (Å²) in [6.07, 6.45) is 0. The summed E-state index contributed by atoms with van der Waals surface area (Å²) in [4.78, 5) is 8.17. The number of fused-ring (bicyclic) bond motifs is 8. The monoisotopic (exact) mass is 712 g/mol. The fourth-order valence-corrected chi connectivity index (χ4v) is 9.11. The van der Waals surface area contributed by atoms with E-state index < -0.39 is 13.4 Å². The van der Waals surface area contributed by atoms with Crippen molar-refractivity contribution in [1.82, 2.24) is 0 Å². The SMILES string of the molecule is [C-]#[N+]c1cc(C#N)c2c3c1N(c1ccccc1)c1ccccc1B3c1cc3c(cc1O2)Oc1c(C#N)cc(C#N)c2c1B3c1ccccc1N2c1ccccc1. The molecular weight excluding hydrogens is 690 g/mol. The van der Waals surface area contributed by atoms with Crippen LogP contribution in [0, 0.1) is 40.6 Å². The van der Waals surface area contributed by atoms with Crippen molar-refractivity contribution in [2.75, 3.05) is 9.80 Å². The highest BCUT2D eigenvalue weighted by Crippen LogP contribution is 2.48. The van der Waals surface area contributed by atoms with E-state index in [4.69, 9.17) is 16.0 Å². The first-order chi connectivity index (χ1) is 27.6. The van der Waals surface area contributed by atoms with Crippen LogP contribution in [0.3, 0.4) is 0 Å². The van der Waals surface area contributed by atoms with Crippen molar-refractivity contribution in [2.24, 2.45) is 0 Å². The molecule has 0 atom stereocenters. The van der Waals surface area contributed by atoms with Crippen molar-refractivity contribution < 1.29 is 9.47 Å². The second-order valence-corrected chi connectivity index (χ2v) is 14.0. The standard InChI is InChI=1S/C46H22B2N6O2/c1-52-36-21-29(26-51)46-42-44(36)54(31-14-6-3-7-15-31)38-19-11-9-17-33(38)48(42)35-22-34-39(23-40(35)56-46)55-45-28(25-50)20-27(24-49)43-41(45)47(34)32-16-8-10-18-37(32)53(43)30-12-4-2-5-13-30/h2-23H. The van der Waals surface area contributed by atoms with Gasteiger partial charge in [0.1, 0.15) is 41.2 Å². The molecule has 0 bridgehead atoms. The smallest absolute Gasteiger partial charge is 0.256 e. The highest BCUT2D eigenvalue weighted by Gasteiger charge is 2.48. The van der Waals surface area contributed by atoms with E-state index in [1.807, 2.05) is 91.0 Å².